The molecule has 5 heteroatoms. The van der Waals surface area contributed by atoms with E-state index in [4.69, 9.17) is 10.5 Å². The van der Waals surface area contributed by atoms with Crippen LogP contribution in [0.5, 0.6) is 5.75 Å². The van der Waals surface area contributed by atoms with Gasteiger partial charge in [-0.2, -0.15) is 0 Å². The predicted molar refractivity (Wildman–Crippen MR) is 68.3 cm³/mol. The predicted octanol–water partition coefficient (Wildman–Crippen LogP) is 2.76. The summed E-state index contributed by atoms with van der Waals surface area (Å²) in [6.07, 6.45) is 0. The van der Waals surface area contributed by atoms with Crippen LogP contribution in [0.4, 0.5) is 11.4 Å². The summed E-state index contributed by atoms with van der Waals surface area (Å²) in [4.78, 5) is 10.4. The summed E-state index contributed by atoms with van der Waals surface area (Å²) in [6.45, 7) is 0.139. The van der Waals surface area contributed by atoms with Crippen molar-refractivity contribution in [3.8, 4) is 5.75 Å². The first kappa shape index (κ1) is 11.9. The normalized spacial score (nSPS) is 10.0. The van der Waals surface area contributed by atoms with Crippen molar-refractivity contribution < 1.29 is 9.66 Å². The van der Waals surface area contributed by atoms with Crippen molar-refractivity contribution in [3.05, 3.63) is 64.2 Å². The van der Waals surface area contributed by atoms with Gasteiger partial charge in [0.05, 0.1) is 10.5 Å². The summed E-state index contributed by atoms with van der Waals surface area (Å²) < 4.78 is 5.48. The molecule has 18 heavy (non-hydrogen) atoms. The summed E-state index contributed by atoms with van der Waals surface area (Å²) in [7, 11) is 0. The number of hydrogen-bond donors (Lipinski definition) is 1. The second kappa shape index (κ2) is 5.18. The van der Waals surface area contributed by atoms with Crippen LogP contribution in [0.3, 0.4) is 0 Å². The Hall–Kier alpha value is -2.56. The molecule has 0 saturated heterocycles. The van der Waals surface area contributed by atoms with E-state index < -0.39 is 4.92 Å². The van der Waals surface area contributed by atoms with Gasteiger partial charge in [-0.1, -0.05) is 18.2 Å². The number of nitro groups is 1. The lowest BCUT2D eigenvalue weighted by atomic mass is 10.2. The SMILES string of the molecule is Nc1cccc(OCc2ccccc2[N+](=O)[O-])c1. The smallest absolute Gasteiger partial charge is 0.276 e. The number of para-hydroxylation sites is 1. The molecular weight excluding hydrogens is 232 g/mol. The molecule has 2 aromatic rings. The van der Waals surface area contributed by atoms with Gasteiger partial charge in [0.25, 0.3) is 5.69 Å². The van der Waals surface area contributed by atoms with E-state index >= 15 is 0 Å². The minimum atomic E-state index is -0.419. The van der Waals surface area contributed by atoms with Crippen LogP contribution in [0, 0.1) is 10.1 Å². The first-order valence-corrected chi connectivity index (χ1v) is 5.37. The maximum Gasteiger partial charge on any atom is 0.276 e. The highest BCUT2D eigenvalue weighted by molar-refractivity contribution is 5.44. The fourth-order valence-corrected chi connectivity index (χ4v) is 1.58. The van der Waals surface area contributed by atoms with Crippen molar-refractivity contribution in [1.82, 2.24) is 0 Å². The Kier molecular flexibility index (Phi) is 3.43. The second-order valence-corrected chi connectivity index (χ2v) is 3.75. The number of nitrogens with two attached hydrogens (primary N) is 1. The number of rotatable bonds is 4. The fraction of sp³-hybridized carbons (Fsp3) is 0.0769. The summed E-state index contributed by atoms with van der Waals surface area (Å²) in [5.41, 5.74) is 6.80. The zero-order chi connectivity index (χ0) is 13.0. The first-order valence-electron chi connectivity index (χ1n) is 5.37. The molecule has 0 aliphatic heterocycles. The zero-order valence-electron chi connectivity index (χ0n) is 9.58. The molecule has 0 aromatic heterocycles. The van der Waals surface area contributed by atoms with E-state index in [9.17, 15) is 10.1 Å². The average Bonchev–Trinajstić information content (AvgIpc) is 2.37. The third-order valence-electron chi connectivity index (χ3n) is 2.44. The van der Waals surface area contributed by atoms with Crippen LogP contribution < -0.4 is 10.5 Å². The standard InChI is InChI=1S/C13H12N2O3/c14-11-5-3-6-12(8-11)18-9-10-4-1-2-7-13(10)15(16)17/h1-8H,9,14H2. The number of nitro benzene ring substituents is 1. The van der Waals surface area contributed by atoms with Gasteiger partial charge in [0.2, 0.25) is 0 Å². The highest BCUT2D eigenvalue weighted by atomic mass is 16.6. The molecule has 0 atom stereocenters. The van der Waals surface area contributed by atoms with E-state index in [1.54, 1.807) is 42.5 Å². The van der Waals surface area contributed by atoms with Gasteiger partial charge in [0.1, 0.15) is 12.4 Å². The van der Waals surface area contributed by atoms with Gasteiger partial charge in [-0.05, 0) is 18.2 Å². The molecule has 0 spiro atoms. The summed E-state index contributed by atoms with van der Waals surface area (Å²) in [5, 5.41) is 10.8. The Balaban J connectivity index is 2.13. The molecule has 2 rings (SSSR count). The molecule has 0 bridgehead atoms. The van der Waals surface area contributed by atoms with Gasteiger partial charge in [0.15, 0.2) is 0 Å². The minimum Gasteiger partial charge on any atom is -0.489 e. The average molecular weight is 244 g/mol. The lowest BCUT2D eigenvalue weighted by Crippen LogP contribution is -2.00. The number of nitrogen functional groups attached to an aromatic ring is 1. The van der Waals surface area contributed by atoms with Crippen molar-refractivity contribution in [2.75, 3.05) is 5.73 Å². The maximum absolute atomic E-state index is 10.8. The zero-order valence-corrected chi connectivity index (χ0v) is 9.58. The van der Waals surface area contributed by atoms with Crippen molar-refractivity contribution in [3.63, 3.8) is 0 Å². The number of anilines is 1. The van der Waals surface area contributed by atoms with Crippen molar-refractivity contribution in [2.45, 2.75) is 6.61 Å². The molecule has 2 aromatic carbocycles. The number of hydrogen-bond acceptors (Lipinski definition) is 4. The van der Waals surface area contributed by atoms with Gasteiger partial charge >= 0.3 is 0 Å². The van der Waals surface area contributed by atoms with Crippen LogP contribution in [-0.2, 0) is 6.61 Å². The molecule has 0 saturated carbocycles. The molecule has 0 radical (unpaired) electrons. The fourth-order valence-electron chi connectivity index (χ4n) is 1.58. The lowest BCUT2D eigenvalue weighted by molar-refractivity contribution is -0.385. The molecule has 0 aliphatic carbocycles. The number of benzene rings is 2. The van der Waals surface area contributed by atoms with Gasteiger partial charge < -0.3 is 10.5 Å². The summed E-state index contributed by atoms with van der Waals surface area (Å²) in [6, 6.07) is 13.4. The van der Waals surface area contributed by atoms with Crippen molar-refractivity contribution >= 4 is 11.4 Å². The van der Waals surface area contributed by atoms with Gasteiger partial charge in [-0.15, -0.1) is 0 Å². The topological polar surface area (TPSA) is 78.4 Å². The Morgan fingerprint density at radius 1 is 1.17 bits per heavy atom. The molecule has 0 aliphatic rings. The highest BCUT2D eigenvalue weighted by Gasteiger charge is 2.12. The van der Waals surface area contributed by atoms with Gasteiger partial charge in [-0.25, -0.2) is 0 Å². The van der Waals surface area contributed by atoms with E-state index in [0.717, 1.165) is 0 Å². The van der Waals surface area contributed by atoms with Crippen LogP contribution in [0.2, 0.25) is 0 Å². The van der Waals surface area contributed by atoms with Crippen molar-refractivity contribution in [1.29, 1.82) is 0 Å². The molecule has 0 amide bonds. The molecule has 0 heterocycles. The molecule has 2 N–H and O–H groups in total. The third kappa shape index (κ3) is 2.76. The lowest BCUT2D eigenvalue weighted by Gasteiger charge is -2.07. The van der Waals surface area contributed by atoms with E-state index in [2.05, 4.69) is 0 Å². The van der Waals surface area contributed by atoms with Crippen LogP contribution in [0.1, 0.15) is 5.56 Å². The van der Waals surface area contributed by atoms with Crippen LogP contribution in [0.15, 0.2) is 48.5 Å². The van der Waals surface area contributed by atoms with Crippen LogP contribution in [0.25, 0.3) is 0 Å². The van der Waals surface area contributed by atoms with Crippen molar-refractivity contribution in [2.24, 2.45) is 0 Å². The Morgan fingerprint density at radius 2 is 1.94 bits per heavy atom. The Bertz CT molecular complexity index is 570. The van der Waals surface area contributed by atoms with Gasteiger partial charge in [0, 0.05) is 17.8 Å². The van der Waals surface area contributed by atoms with E-state index in [1.807, 2.05) is 0 Å². The number of nitrogens with zero attached hydrogens (tertiary/aromatic N) is 1. The summed E-state index contributed by atoms with van der Waals surface area (Å²) in [5.74, 6) is 0.591. The van der Waals surface area contributed by atoms with E-state index in [0.29, 0.717) is 17.0 Å². The minimum absolute atomic E-state index is 0.0569. The maximum atomic E-state index is 10.8. The quantitative estimate of drug-likeness (QED) is 0.509. The molecule has 0 fully saturated rings. The van der Waals surface area contributed by atoms with Crippen LogP contribution >= 0.6 is 0 Å². The molecule has 92 valence electrons. The van der Waals surface area contributed by atoms with E-state index in [1.165, 1.54) is 6.07 Å². The Morgan fingerprint density at radius 3 is 2.67 bits per heavy atom. The molecule has 5 nitrogen and oxygen atoms in total. The summed E-state index contributed by atoms with van der Waals surface area (Å²) >= 11 is 0. The first-order chi connectivity index (χ1) is 8.66. The molecule has 0 unspecified atom stereocenters. The highest BCUT2D eigenvalue weighted by Crippen LogP contribution is 2.21. The second-order valence-electron chi connectivity index (χ2n) is 3.75. The molecular formula is C13H12N2O3. The third-order valence-corrected chi connectivity index (χ3v) is 2.44. The largest absolute Gasteiger partial charge is 0.489 e. The Labute approximate surface area is 104 Å². The number of ether oxygens (including phenoxy) is 1. The van der Waals surface area contributed by atoms with Gasteiger partial charge in [-0.3, -0.25) is 10.1 Å². The van der Waals surface area contributed by atoms with Crippen LogP contribution in [-0.4, -0.2) is 4.92 Å². The van der Waals surface area contributed by atoms with E-state index in [-0.39, 0.29) is 12.3 Å². The monoisotopic (exact) mass is 244 g/mol.